The topological polar surface area (TPSA) is 65.9 Å². The van der Waals surface area contributed by atoms with E-state index in [1.54, 1.807) is 18.2 Å². The summed E-state index contributed by atoms with van der Waals surface area (Å²) in [6.07, 6.45) is 0. The minimum atomic E-state index is -3.54. The molecule has 33 heavy (non-hydrogen) atoms. The highest BCUT2D eigenvalue weighted by Gasteiger charge is 2.29. The normalized spacial score (nSPS) is 17.2. The quantitative estimate of drug-likeness (QED) is 0.574. The second kappa shape index (κ2) is 8.83. The maximum Gasteiger partial charge on any atom is 0.270 e. The van der Waals surface area contributed by atoms with E-state index in [1.807, 2.05) is 22.5 Å². The van der Waals surface area contributed by atoms with Gasteiger partial charge in [0.1, 0.15) is 5.69 Å². The number of piperazine rings is 1. The number of aromatic nitrogens is 1. The fourth-order valence-electron chi connectivity index (χ4n) is 4.63. The van der Waals surface area contributed by atoms with Crippen LogP contribution in [0.4, 0.5) is 5.69 Å². The molecule has 1 aliphatic heterocycles. The van der Waals surface area contributed by atoms with Gasteiger partial charge in [-0.3, -0.25) is 4.79 Å². The summed E-state index contributed by atoms with van der Waals surface area (Å²) in [6.45, 7) is 8.92. The van der Waals surface area contributed by atoms with Crippen molar-refractivity contribution in [3.05, 3.63) is 59.8 Å². The van der Waals surface area contributed by atoms with Gasteiger partial charge in [-0.15, -0.1) is 0 Å². The highest BCUT2D eigenvalue weighted by Crippen LogP contribution is 2.27. The zero-order chi connectivity index (χ0) is 23.9. The van der Waals surface area contributed by atoms with Crippen molar-refractivity contribution in [2.75, 3.05) is 38.6 Å². The van der Waals surface area contributed by atoms with Crippen molar-refractivity contribution in [3.63, 3.8) is 0 Å². The third-order valence-electron chi connectivity index (χ3n) is 6.43. The fraction of sp³-hybridized carbons (Fsp3) is 0.400. The molecule has 0 bridgehead atoms. The molecule has 0 aliphatic carbocycles. The van der Waals surface area contributed by atoms with E-state index in [2.05, 4.69) is 43.0 Å². The Morgan fingerprint density at radius 1 is 1.09 bits per heavy atom. The maximum absolute atomic E-state index is 13.5. The van der Waals surface area contributed by atoms with Gasteiger partial charge in [-0.1, -0.05) is 12.1 Å². The Labute approximate surface area is 196 Å². The van der Waals surface area contributed by atoms with E-state index in [0.717, 1.165) is 17.4 Å². The van der Waals surface area contributed by atoms with Crippen LogP contribution in [0.25, 0.3) is 10.9 Å². The molecule has 8 heteroatoms. The Hall–Kier alpha value is -2.84. The molecule has 0 N–H and O–H groups in total. The molecule has 4 rings (SSSR count). The number of rotatable bonds is 5. The summed E-state index contributed by atoms with van der Waals surface area (Å²) in [5, 5.41) is 0.759. The molecule has 2 heterocycles. The number of carbonyl (C=O) groups is 1. The van der Waals surface area contributed by atoms with Crippen LogP contribution in [0.15, 0.2) is 53.4 Å². The molecule has 176 valence electrons. The van der Waals surface area contributed by atoms with Crippen LogP contribution in [0.1, 0.15) is 29.9 Å². The predicted octanol–water partition coefficient (Wildman–Crippen LogP) is 3.57. The van der Waals surface area contributed by atoms with Gasteiger partial charge in [0.2, 0.25) is 10.0 Å². The van der Waals surface area contributed by atoms with Crippen molar-refractivity contribution in [2.24, 2.45) is 0 Å². The number of amides is 1. The molecule has 1 aromatic heterocycles. The van der Waals surface area contributed by atoms with E-state index in [-0.39, 0.29) is 16.8 Å². The minimum Gasteiger partial charge on any atom is -0.365 e. The van der Waals surface area contributed by atoms with Crippen LogP contribution >= 0.6 is 0 Å². The summed E-state index contributed by atoms with van der Waals surface area (Å²) < 4.78 is 28.3. The first-order valence-corrected chi connectivity index (χ1v) is 12.8. The maximum atomic E-state index is 13.5. The fourth-order valence-corrected chi connectivity index (χ4v) is 5.57. The summed E-state index contributed by atoms with van der Waals surface area (Å²) >= 11 is 0. The van der Waals surface area contributed by atoms with Crippen molar-refractivity contribution in [1.82, 2.24) is 13.8 Å². The zero-order valence-corrected chi connectivity index (χ0v) is 20.8. The van der Waals surface area contributed by atoms with Gasteiger partial charge in [-0.2, -0.15) is 0 Å². The van der Waals surface area contributed by atoms with Crippen LogP contribution in [0.2, 0.25) is 0 Å². The second-order valence-electron chi connectivity index (χ2n) is 8.91. The second-order valence-corrected chi connectivity index (χ2v) is 11.1. The first kappa shape index (κ1) is 23.3. The number of anilines is 1. The SMILES string of the molecule is CCn1c(C(=O)N2CCN(c3cccc(C)c3)C(C)C2)cc2cc(S(=O)(=O)N(C)C)ccc21. The smallest absolute Gasteiger partial charge is 0.270 e. The van der Waals surface area contributed by atoms with Crippen LogP contribution < -0.4 is 4.90 Å². The Morgan fingerprint density at radius 3 is 2.48 bits per heavy atom. The number of fused-ring (bicyclic) bond motifs is 1. The monoisotopic (exact) mass is 468 g/mol. The van der Waals surface area contributed by atoms with Crippen molar-refractivity contribution in [3.8, 4) is 0 Å². The van der Waals surface area contributed by atoms with Crippen LogP contribution in [0.5, 0.6) is 0 Å². The average Bonchev–Trinajstić information content (AvgIpc) is 3.16. The Kier molecular flexibility index (Phi) is 6.24. The predicted molar refractivity (Wildman–Crippen MR) is 132 cm³/mol. The van der Waals surface area contributed by atoms with Gasteiger partial charge < -0.3 is 14.4 Å². The number of carbonyl (C=O) groups excluding carboxylic acids is 1. The molecule has 3 aromatic rings. The lowest BCUT2D eigenvalue weighted by Gasteiger charge is -2.41. The van der Waals surface area contributed by atoms with Gasteiger partial charge >= 0.3 is 0 Å². The van der Waals surface area contributed by atoms with Gasteiger partial charge in [0.15, 0.2) is 0 Å². The molecule has 1 atom stereocenters. The van der Waals surface area contributed by atoms with E-state index in [9.17, 15) is 13.2 Å². The molecule has 1 aliphatic rings. The molecule has 1 unspecified atom stereocenters. The third-order valence-corrected chi connectivity index (χ3v) is 8.25. The number of nitrogens with zero attached hydrogens (tertiary/aromatic N) is 4. The standard InChI is InChI=1S/C25H32N4O3S/c1-6-28-23-11-10-22(33(31,32)26(4)5)15-20(23)16-24(28)25(30)27-12-13-29(19(3)17-27)21-9-7-8-18(2)14-21/h7-11,14-16,19H,6,12-13,17H2,1-5H3. The molecule has 0 saturated carbocycles. The van der Waals surface area contributed by atoms with Crippen molar-refractivity contribution in [2.45, 2.75) is 38.3 Å². The van der Waals surface area contributed by atoms with E-state index < -0.39 is 10.0 Å². The lowest BCUT2D eigenvalue weighted by Crippen LogP contribution is -2.54. The lowest BCUT2D eigenvalue weighted by molar-refractivity contribution is 0.0716. The van der Waals surface area contributed by atoms with Crippen molar-refractivity contribution >= 4 is 32.5 Å². The minimum absolute atomic E-state index is 0.0131. The molecule has 7 nitrogen and oxygen atoms in total. The summed E-state index contributed by atoms with van der Waals surface area (Å²) in [7, 11) is -0.505. The first-order chi connectivity index (χ1) is 15.6. The highest BCUT2D eigenvalue weighted by molar-refractivity contribution is 7.89. The van der Waals surface area contributed by atoms with Gasteiger partial charge in [0.25, 0.3) is 5.91 Å². The van der Waals surface area contributed by atoms with E-state index in [1.165, 1.54) is 29.7 Å². The Balaban J connectivity index is 1.61. The van der Waals surface area contributed by atoms with Crippen LogP contribution in [0.3, 0.4) is 0 Å². The summed E-state index contributed by atoms with van der Waals surface area (Å²) in [5.74, 6) is -0.0131. The van der Waals surface area contributed by atoms with E-state index in [0.29, 0.717) is 25.3 Å². The molecule has 1 fully saturated rings. The first-order valence-electron chi connectivity index (χ1n) is 11.3. The number of benzene rings is 2. The molecule has 0 spiro atoms. The molecule has 2 aromatic carbocycles. The molecular weight excluding hydrogens is 436 g/mol. The molecule has 0 radical (unpaired) electrons. The zero-order valence-electron chi connectivity index (χ0n) is 19.9. The average molecular weight is 469 g/mol. The number of sulfonamides is 1. The van der Waals surface area contributed by atoms with Gasteiger partial charge in [0.05, 0.1) is 4.90 Å². The van der Waals surface area contributed by atoms with Crippen molar-refractivity contribution < 1.29 is 13.2 Å². The molecule has 1 amide bonds. The number of hydrogen-bond acceptors (Lipinski definition) is 4. The highest BCUT2D eigenvalue weighted by atomic mass is 32.2. The van der Waals surface area contributed by atoms with E-state index in [4.69, 9.17) is 0 Å². The van der Waals surface area contributed by atoms with Crippen LogP contribution in [0, 0.1) is 6.92 Å². The third kappa shape index (κ3) is 4.25. The van der Waals surface area contributed by atoms with Gasteiger partial charge in [-0.25, -0.2) is 12.7 Å². The summed E-state index contributed by atoms with van der Waals surface area (Å²) in [5.41, 5.74) is 3.88. The summed E-state index contributed by atoms with van der Waals surface area (Å²) in [6, 6.07) is 15.6. The largest absolute Gasteiger partial charge is 0.365 e. The van der Waals surface area contributed by atoms with Crippen molar-refractivity contribution in [1.29, 1.82) is 0 Å². The number of aryl methyl sites for hydroxylation is 2. The molecule has 1 saturated heterocycles. The lowest BCUT2D eigenvalue weighted by atomic mass is 10.1. The Morgan fingerprint density at radius 2 is 1.85 bits per heavy atom. The van der Waals surface area contributed by atoms with Crippen LogP contribution in [-0.2, 0) is 16.6 Å². The van der Waals surface area contributed by atoms with E-state index >= 15 is 0 Å². The number of hydrogen-bond donors (Lipinski definition) is 0. The summed E-state index contributed by atoms with van der Waals surface area (Å²) in [4.78, 5) is 18.0. The molecular formula is C25H32N4O3S. The Bertz CT molecular complexity index is 1300. The van der Waals surface area contributed by atoms with Gasteiger partial charge in [0, 0.05) is 62.9 Å². The van der Waals surface area contributed by atoms with Crippen LogP contribution in [-0.4, -0.2) is 67.9 Å². The van der Waals surface area contributed by atoms with Gasteiger partial charge in [-0.05, 0) is 62.7 Å².